The fourth-order valence-electron chi connectivity index (χ4n) is 3.23. The number of hydrogen-bond acceptors (Lipinski definition) is 3. The van der Waals surface area contributed by atoms with Gasteiger partial charge >= 0.3 is 0 Å². The van der Waals surface area contributed by atoms with Crippen molar-refractivity contribution in [2.24, 2.45) is 5.92 Å². The first kappa shape index (κ1) is 12.9. The molecule has 3 rings (SSSR count). The van der Waals surface area contributed by atoms with Crippen molar-refractivity contribution in [2.45, 2.75) is 44.4 Å². The van der Waals surface area contributed by atoms with Crippen LogP contribution in [0.15, 0.2) is 18.3 Å². The van der Waals surface area contributed by atoms with E-state index in [1.165, 1.54) is 44.1 Å². The van der Waals surface area contributed by atoms with Crippen LogP contribution in [0.2, 0.25) is 0 Å². The summed E-state index contributed by atoms with van der Waals surface area (Å²) in [5.41, 5.74) is 1.40. The summed E-state index contributed by atoms with van der Waals surface area (Å²) in [6.07, 6.45) is 9.87. The zero-order chi connectivity index (χ0) is 12.9. The summed E-state index contributed by atoms with van der Waals surface area (Å²) in [6.45, 7) is 3.07. The molecule has 3 heteroatoms. The zero-order valence-electron chi connectivity index (χ0n) is 11.6. The summed E-state index contributed by atoms with van der Waals surface area (Å²) in [4.78, 5) is 4.47. The molecule has 0 bridgehead atoms. The average Bonchev–Trinajstić information content (AvgIpc) is 3.01. The van der Waals surface area contributed by atoms with Gasteiger partial charge in [0.15, 0.2) is 0 Å². The number of rotatable bonds is 4. The minimum Gasteiger partial charge on any atom is -0.477 e. The molecule has 0 amide bonds. The largest absolute Gasteiger partial charge is 0.477 e. The van der Waals surface area contributed by atoms with Gasteiger partial charge in [0, 0.05) is 12.3 Å². The van der Waals surface area contributed by atoms with E-state index < -0.39 is 0 Å². The molecule has 104 valence electrons. The van der Waals surface area contributed by atoms with Crippen molar-refractivity contribution in [3.05, 3.63) is 23.9 Å². The quantitative estimate of drug-likeness (QED) is 0.903. The molecular formula is C16H24N2O. The van der Waals surface area contributed by atoms with Crippen molar-refractivity contribution < 1.29 is 4.74 Å². The summed E-state index contributed by atoms with van der Waals surface area (Å²) < 4.78 is 5.82. The number of pyridine rings is 1. The Kier molecular flexibility index (Phi) is 4.34. The number of nitrogens with zero attached hydrogens (tertiary/aromatic N) is 1. The first-order valence-electron chi connectivity index (χ1n) is 7.71. The molecule has 0 spiro atoms. The van der Waals surface area contributed by atoms with Crippen LogP contribution in [0.4, 0.5) is 0 Å². The Bertz CT molecular complexity index is 378. The Morgan fingerprint density at radius 1 is 1.11 bits per heavy atom. The van der Waals surface area contributed by atoms with Gasteiger partial charge in [-0.05, 0) is 56.2 Å². The smallest absolute Gasteiger partial charge is 0.213 e. The van der Waals surface area contributed by atoms with E-state index in [0.29, 0.717) is 5.92 Å². The molecule has 1 saturated carbocycles. The average molecular weight is 260 g/mol. The van der Waals surface area contributed by atoms with Gasteiger partial charge in [0.2, 0.25) is 5.88 Å². The minimum atomic E-state index is 0.692. The second-order valence-electron chi connectivity index (χ2n) is 5.92. The lowest BCUT2D eigenvalue weighted by Crippen LogP contribution is -2.30. The van der Waals surface area contributed by atoms with Crippen LogP contribution in [0, 0.1) is 5.92 Å². The predicted molar refractivity (Wildman–Crippen MR) is 76.5 cm³/mol. The maximum absolute atomic E-state index is 5.82. The Hall–Kier alpha value is -1.09. The lowest BCUT2D eigenvalue weighted by Gasteiger charge is -2.22. The monoisotopic (exact) mass is 260 g/mol. The standard InChI is InChI=1S/C16H24N2O/c1-2-4-14(3-1)15-5-6-16(18-11-15)19-12-13-7-9-17-10-8-13/h5-6,11,13-14,17H,1-4,7-10,12H2. The zero-order valence-corrected chi connectivity index (χ0v) is 11.6. The highest BCUT2D eigenvalue weighted by Crippen LogP contribution is 2.33. The van der Waals surface area contributed by atoms with Crippen LogP contribution >= 0.6 is 0 Å². The Morgan fingerprint density at radius 3 is 2.58 bits per heavy atom. The highest BCUT2D eigenvalue weighted by atomic mass is 16.5. The van der Waals surface area contributed by atoms with E-state index in [4.69, 9.17) is 4.74 Å². The van der Waals surface area contributed by atoms with E-state index >= 15 is 0 Å². The molecule has 0 radical (unpaired) electrons. The Balaban J connectivity index is 1.50. The Morgan fingerprint density at radius 2 is 1.89 bits per heavy atom. The Labute approximate surface area is 115 Å². The summed E-state index contributed by atoms with van der Waals surface area (Å²) in [6, 6.07) is 4.26. The molecule has 1 aromatic heterocycles. The van der Waals surface area contributed by atoms with Crippen molar-refractivity contribution in [3.8, 4) is 5.88 Å². The lowest BCUT2D eigenvalue weighted by atomic mass is 9.99. The van der Waals surface area contributed by atoms with E-state index in [-0.39, 0.29) is 0 Å². The van der Waals surface area contributed by atoms with Crippen molar-refractivity contribution in [2.75, 3.05) is 19.7 Å². The fraction of sp³-hybridized carbons (Fsp3) is 0.688. The topological polar surface area (TPSA) is 34.1 Å². The van der Waals surface area contributed by atoms with Gasteiger partial charge in [-0.25, -0.2) is 4.98 Å². The van der Waals surface area contributed by atoms with Crippen LogP contribution < -0.4 is 10.1 Å². The van der Waals surface area contributed by atoms with Crippen molar-refractivity contribution in [1.82, 2.24) is 10.3 Å². The van der Waals surface area contributed by atoms with Crippen molar-refractivity contribution in [1.29, 1.82) is 0 Å². The molecule has 0 atom stereocenters. The molecule has 19 heavy (non-hydrogen) atoms. The molecule has 0 unspecified atom stereocenters. The van der Waals surface area contributed by atoms with E-state index in [0.717, 1.165) is 31.5 Å². The number of ether oxygens (including phenoxy) is 1. The second-order valence-corrected chi connectivity index (χ2v) is 5.92. The van der Waals surface area contributed by atoms with E-state index in [1.807, 2.05) is 6.20 Å². The van der Waals surface area contributed by atoms with Gasteiger partial charge in [0.05, 0.1) is 6.61 Å². The van der Waals surface area contributed by atoms with Gasteiger partial charge in [0.1, 0.15) is 0 Å². The molecule has 3 nitrogen and oxygen atoms in total. The SMILES string of the molecule is c1cc(OCC2CCNCC2)ncc1C1CCCC1. The highest BCUT2D eigenvalue weighted by molar-refractivity contribution is 5.21. The van der Waals surface area contributed by atoms with Crippen LogP contribution in [-0.4, -0.2) is 24.7 Å². The van der Waals surface area contributed by atoms with Gasteiger partial charge in [-0.3, -0.25) is 0 Å². The van der Waals surface area contributed by atoms with E-state index in [9.17, 15) is 0 Å². The molecule has 1 saturated heterocycles. The molecule has 2 fully saturated rings. The van der Waals surface area contributed by atoms with Crippen molar-refractivity contribution >= 4 is 0 Å². The molecule has 1 aliphatic heterocycles. The number of aromatic nitrogens is 1. The van der Waals surface area contributed by atoms with Crippen LogP contribution in [-0.2, 0) is 0 Å². The second kappa shape index (κ2) is 6.38. The van der Waals surface area contributed by atoms with E-state index in [1.54, 1.807) is 0 Å². The van der Waals surface area contributed by atoms with Crippen LogP contribution in [0.25, 0.3) is 0 Å². The van der Waals surface area contributed by atoms with Crippen molar-refractivity contribution in [3.63, 3.8) is 0 Å². The van der Waals surface area contributed by atoms with Crippen LogP contribution in [0.3, 0.4) is 0 Å². The normalized spacial score (nSPS) is 21.7. The molecule has 1 N–H and O–H groups in total. The maximum atomic E-state index is 5.82. The van der Waals surface area contributed by atoms with Gasteiger partial charge in [0.25, 0.3) is 0 Å². The van der Waals surface area contributed by atoms with Gasteiger partial charge in [-0.2, -0.15) is 0 Å². The molecule has 2 heterocycles. The minimum absolute atomic E-state index is 0.692. The third-order valence-electron chi connectivity index (χ3n) is 4.51. The summed E-state index contributed by atoms with van der Waals surface area (Å²) in [7, 11) is 0. The van der Waals surface area contributed by atoms with Crippen LogP contribution in [0.5, 0.6) is 5.88 Å². The third-order valence-corrected chi connectivity index (χ3v) is 4.51. The molecule has 1 aliphatic carbocycles. The third kappa shape index (κ3) is 3.47. The fourth-order valence-corrected chi connectivity index (χ4v) is 3.23. The molecule has 0 aromatic carbocycles. The first-order valence-corrected chi connectivity index (χ1v) is 7.71. The summed E-state index contributed by atoms with van der Waals surface area (Å²) >= 11 is 0. The van der Waals surface area contributed by atoms with Crippen LogP contribution in [0.1, 0.15) is 50.0 Å². The number of hydrogen-bond donors (Lipinski definition) is 1. The summed E-state index contributed by atoms with van der Waals surface area (Å²) in [5, 5.41) is 3.38. The predicted octanol–water partition coefficient (Wildman–Crippen LogP) is 3.12. The molecule has 2 aliphatic rings. The first-order chi connectivity index (χ1) is 9.42. The lowest BCUT2D eigenvalue weighted by molar-refractivity contribution is 0.209. The van der Waals surface area contributed by atoms with Gasteiger partial charge in [-0.15, -0.1) is 0 Å². The molecular weight excluding hydrogens is 236 g/mol. The summed E-state index contributed by atoms with van der Waals surface area (Å²) in [5.74, 6) is 2.23. The molecule has 1 aromatic rings. The van der Waals surface area contributed by atoms with Gasteiger partial charge < -0.3 is 10.1 Å². The number of piperidine rings is 1. The number of nitrogens with one attached hydrogen (secondary N) is 1. The maximum Gasteiger partial charge on any atom is 0.213 e. The highest BCUT2D eigenvalue weighted by Gasteiger charge is 2.17. The van der Waals surface area contributed by atoms with E-state index in [2.05, 4.69) is 22.4 Å². The van der Waals surface area contributed by atoms with Gasteiger partial charge in [-0.1, -0.05) is 18.9 Å².